The van der Waals surface area contributed by atoms with Crippen molar-refractivity contribution in [2.45, 2.75) is 96.2 Å². The van der Waals surface area contributed by atoms with Gasteiger partial charge < -0.3 is 14.2 Å². The highest BCUT2D eigenvalue weighted by atomic mass is 16.6. The summed E-state index contributed by atoms with van der Waals surface area (Å²) in [5, 5.41) is 0. The maximum Gasteiger partial charge on any atom is 0.303 e. The Kier molecular flexibility index (Phi) is 4.31. The summed E-state index contributed by atoms with van der Waals surface area (Å²) in [7, 11) is 0. The minimum absolute atomic E-state index is 0.113. The Balaban J connectivity index is 1.72. The Labute approximate surface area is 157 Å². The lowest BCUT2D eigenvalue weighted by atomic mass is 9.59. The lowest BCUT2D eigenvalue weighted by molar-refractivity contribution is -0.251. The van der Waals surface area contributed by atoms with Crippen molar-refractivity contribution in [3.63, 3.8) is 0 Å². The number of hydrogen-bond donors (Lipinski definition) is 0. The van der Waals surface area contributed by atoms with Crippen LogP contribution in [0.3, 0.4) is 0 Å². The van der Waals surface area contributed by atoms with Gasteiger partial charge in [0, 0.05) is 19.3 Å². The van der Waals surface area contributed by atoms with Crippen molar-refractivity contribution >= 4 is 5.97 Å². The van der Waals surface area contributed by atoms with Crippen LogP contribution in [0, 0.1) is 23.7 Å². The molecule has 1 unspecified atom stereocenters. The number of carbonyl (C=O) groups excluding carboxylic acids is 1. The molecule has 4 aliphatic rings. The van der Waals surface area contributed by atoms with Gasteiger partial charge in [-0.1, -0.05) is 26.0 Å². The van der Waals surface area contributed by atoms with E-state index in [2.05, 4.69) is 34.3 Å². The first-order valence-electron chi connectivity index (χ1n) is 10.3. The fourth-order valence-electron chi connectivity index (χ4n) is 6.57. The summed E-state index contributed by atoms with van der Waals surface area (Å²) in [6.07, 6.45) is 4.88. The van der Waals surface area contributed by atoms with Crippen LogP contribution in [0.4, 0.5) is 0 Å². The van der Waals surface area contributed by atoms with E-state index in [9.17, 15) is 4.79 Å². The SMILES string of the molecule is C=C1CCC(C(C)C)[C@H]2[C@@H]1[C@@H]1C[C@@]3(C)O[C@](C)(CC[C@@H]3OC(C)=O)[C@H]2O1. The van der Waals surface area contributed by atoms with Gasteiger partial charge in [0.2, 0.25) is 0 Å². The third-order valence-electron chi connectivity index (χ3n) is 7.67. The van der Waals surface area contributed by atoms with Gasteiger partial charge in [-0.15, -0.1) is 0 Å². The topological polar surface area (TPSA) is 44.8 Å². The van der Waals surface area contributed by atoms with Crippen molar-refractivity contribution in [1.29, 1.82) is 0 Å². The molecule has 26 heavy (non-hydrogen) atoms. The second-order valence-corrected chi connectivity index (χ2v) is 9.87. The van der Waals surface area contributed by atoms with Crippen LogP contribution in [-0.4, -0.2) is 35.5 Å². The Hall–Kier alpha value is -0.870. The molecule has 4 rings (SSSR count). The molecule has 0 aromatic rings. The van der Waals surface area contributed by atoms with E-state index in [0.717, 1.165) is 25.7 Å². The minimum atomic E-state index is -0.478. The van der Waals surface area contributed by atoms with Crippen LogP contribution >= 0.6 is 0 Å². The van der Waals surface area contributed by atoms with Gasteiger partial charge in [-0.25, -0.2) is 0 Å². The Morgan fingerprint density at radius 3 is 2.65 bits per heavy atom. The first-order valence-corrected chi connectivity index (χ1v) is 10.3. The molecule has 3 heterocycles. The maximum atomic E-state index is 11.6. The lowest BCUT2D eigenvalue weighted by Gasteiger charge is -2.53. The number of carbonyl (C=O) groups is 1. The second-order valence-electron chi connectivity index (χ2n) is 9.87. The third-order valence-corrected chi connectivity index (χ3v) is 7.67. The maximum absolute atomic E-state index is 11.6. The molecule has 0 aromatic carbocycles. The molecule has 0 amide bonds. The fraction of sp³-hybridized carbons (Fsp3) is 0.864. The molecule has 4 bridgehead atoms. The van der Waals surface area contributed by atoms with E-state index in [1.165, 1.54) is 18.9 Å². The zero-order chi connectivity index (χ0) is 18.9. The summed E-state index contributed by atoms with van der Waals surface area (Å²) < 4.78 is 19.1. The van der Waals surface area contributed by atoms with Crippen molar-refractivity contribution in [2.75, 3.05) is 0 Å². The van der Waals surface area contributed by atoms with Crippen LogP contribution in [0.15, 0.2) is 12.2 Å². The quantitative estimate of drug-likeness (QED) is 0.543. The molecule has 1 saturated carbocycles. The van der Waals surface area contributed by atoms with E-state index < -0.39 is 5.60 Å². The molecular formula is C22H34O4. The first-order chi connectivity index (χ1) is 12.1. The van der Waals surface area contributed by atoms with Crippen LogP contribution in [0.25, 0.3) is 0 Å². The monoisotopic (exact) mass is 362 g/mol. The summed E-state index contributed by atoms with van der Waals surface area (Å²) in [5.74, 6) is 2.00. The van der Waals surface area contributed by atoms with E-state index in [1.54, 1.807) is 0 Å². The summed E-state index contributed by atoms with van der Waals surface area (Å²) in [6.45, 7) is 15.0. The van der Waals surface area contributed by atoms with Crippen LogP contribution in [0.2, 0.25) is 0 Å². The number of ether oxygens (including phenoxy) is 3. The molecule has 4 heteroatoms. The second kappa shape index (κ2) is 6.07. The average molecular weight is 363 g/mol. The summed E-state index contributed by atoms with van der Waals surface area (Å²) >= 11 is 0. The molecule has 8 atom stereocenters. The first kappa shape index (κ1) is 18.5. The van der Waals surface area contributed by atoms with Crippen molar-refractivity contribution in [3.05, 3.63) is 12.2 Å². The van der Waals surface area contributed by atoms with Crippen molar-refractivity contribution in [1.82, 2.24) is 0 Å². The lowest BCUT2D eigenvalue weighted by Crippen LogP contribution is -2.61. The third kappa shape index (κ3) is 2.67. The molecule has 4 nitrogen and oxygen atoms in total. The van der Waals surface area contributed by atoms with Crippen molar-refractivity contribution in [3.8, 4) is 0 Å². The average Bonchev–Trinajstić information content (AvgIpc) is 2.86. The largest absolute Gasteiger partial charge is 0.459 e. The molecule has 0 spiro atoms. The number of rotatable bonds is 2. The fourth-order valence-corrected chi connectivity index (χ4v) is 6.57. The standard InChI is InChI=1S/C22H34O4/c1-12(2)15-8-7-13(3)18-16-11-22(6)17(24-14(4)23)9-10-21(5,26-22)20(25-16)19(15)18/h12,15-20H,3,7-11H2,1-2,4-6H3/t15?,16-,17-,18-,19-,20-,21+,22+/m0/s1. The summed E-state index contributed by atoms with van der Waals surface area (Å²) in [6, 6.07) is 0. The van der Waals surface area contributed by atoms with Crippen LogP contribution in [0.5, 0.6) is 0 Å². The summed E-state index contributed by atoms with van der Waals surface area (Å²) in [4.78, 5) is 11.6. The highest BCUT2D eigenvalue weighted by molar-refractivity contribution is 5.66. The van der Waals surface area contributed by atoms with Gasteiger partial charge in [-0.05, 0) is 57.3 Å². The predicted octanol–water partition coefficient (Wildman–Crippen LogP) is 4.27. The molecule has 0 radical (unpaired) electrons. The number of esters is 1. The van der Waals surface area contributed by atoms with E-state index in [4.69, 9.17) is 14.2 Å². The minimum Gasteiger partial charge on any atom is -0.459 e. The Morgan fingerprint density at radius 2 is 2.00 bits per heavy atom. The van der Waals surface area contributed by atoms with E-state index in [1.807, 2.05) is 0 Å². The van der Waals surface area contributed by atoms with E-state index in [-0.39, 0.29) is 29.9 Å². The van der Waals surface area contributed by atoms with Gasteiger partial charge in [0.05, 0.1) is 17.8 Å². The van der Waals surface area contributed by atoms with Crippen LogP contribution in [0.1, 0.15) is 66.7 Å². The molecule has 3 aliphatic heterocycles. The van der Waals surface area contributed by atoms with Gasteiger partial charge in [0.25, 0.3) is 0 Å². The number of hydrogen-bond acceptors (Lipinski definition) is 4. The highest BCUT2D eigenvalue weighted by Gasteiger charge is 2.65. The molecular weight excluding hydrogens is 328 g/mol. The zero-order valence-corrected chi connectivity index (χ0v) is 16.9. The zero-order valence-electron chi connectivity index (χ0n) is 16.9. The molecule has 3 saturated heterocycles. The summed E-state index contributed by atoms with van der Waals surface area (Å²) in [5.41, 5.74) is 0.564. The van der Waals surface area contributed by atoms with Crippen LogP contribution in [-0.2, 0) is 19.0 Å². The highest BCUT2D eigenvalue weighted by Crippen LogP contribution is 2.59. The predicted molar refractivity (Wildman–Crippen MR) is 99.6 cm³/mol. The van der Waals surface area contributed by atoms with Gasteiger partial charge >= 0.3 is 5.97 Å². The van der Waals surface area contributed by atoms with E-state index >= 15 is 0 Å². The van der Waals surface area contributed by atoms with Gasteiger partial charge in [-0.3, -0.25) is 4.79 Å². The van der Waals surface area contributed by atoms with Crippen LogP contribution < -0.4 is 0 Å². The normalized spacial score (nSPS) is 50.3. The van der Waals surface area contributed by atoms with Crippen molar-refractivity contribution < 1.29 is 19.0 Å². The van der Waals surface area contributed by atoms with Gasteiger partial charge in [-0.2, -0.15) is 0 Å². The van der Waals surface area contributed by atoms with E-state index in [0.29, 0.717) is 23.7 Å². The molecule has 4 fully saturated rings. The Bertz CT molecular complexity index is 613. The molecule has 0 N–H and O–H groups in total. The Morgan fingerprint density at radius 1 is 1.27 bits per heavy atom. The molecule has 146 valence electrons. The molecule has 0 aromatic heterocycles. The smallest absolute Gasteiger partial charge is 0.303 e. The molecule has 1 aliphatic carbocycles. The van der Waals surface area contributed by atoms with Crippen molar-refractivity contribution in [2.24, 2.45) is 23.7 Å². The van der Waals surface area contributed by atoms with Gasteiger partial charge in [0.1, 0.15) is 11.7 Å². The van der Waals surface area contributed by atoms with Gasteiger partial charge in [0.15, 0.2) is 0 Å². The number of fused-ring (bicyclic) bond motifs is 8.